The van der Waals surface area contributed by atoms with E-state index in [1.54, 1.807) is 43.3 Å². The van der Waals surface area contributed by atoms with E-state index in [1.807, 2.05) is 6.07 Å². The number of aliphatic hydroxyl groups is 1. The average Bonchev–Trinajstić information content (AvgIpc) is 2.62. The molecule has 0 bridgehead atoms. The number of aliphatic hydroxyl groups excluding tert-OH is 1. The number of carbonyl (C=O) groups excluding carboxylic acids is 3. The van der Waals surface area contributed by atoms with Crippen LogP contribution in [0.5, 0.6) is 0 Å². The lowest BCUT2D eigenvalue weighted by Crippen LogP contribution is -2.15. The predicted molar refractivity (Wildman–Crippen MR) is 88.6 cm³/mol. The van der Waals surface area contributed by atoms with Crippen LogP contribution in [0.1, 0.15) is 28.4 Å². The second kappa shape index (κ2) is 7.87. The molecule has 0 unspecified atom stereocenters. The number of esters is 1. The Labute approximate surface area is 139 Å². The van der Waals surface area contributed by atoms with Crippen molar-refractivity contribution in [2.24, 2.45) is 0 Å². The van der Waals surface area contributed by atoms with Crippen molar-refractivity contribution in [2.75, 3.05) is 6.61 Å². The molecule has 122 valence electrons. The van der Waals surface area contributed by atoms with E-state index in [2.05, 4.69) is 4.74 Å². The number of carbonyl (C=O) groups is 3. The quantitative estimate of drug-likeness (QED) is 0.290. The molecule has 2 aromatic rings. The molecule has 0 fully saturated rings. The van der Waals surface area contributed by atoms with Gasteiger partial charge >= 0.3 is 5.97 Å². The van der Waals surface area contributed by atoms with Gasteiger partial charge in [0, 0.05) is 22.8 Å². The third kappa shape index (κ3) is 4.16. The topological polar surface area (TPSA) is 80.7 Å². The minimum Gasteiger partial charge on any atom is -0.507 e. The summed E-state index contributed by atoms with van der Waals surface area (Å²) in [5, 5.41) is 10.0. The SMILES string of the molecule is CCOC(=O)C(=O)/C=C(\O)c1cccc(C(=O)c2ccccc2)c1. The molecule has 0 radical (unpaired) electrons. The summed E-state index contributed by atoms with van der Waals surface area (Å²) >= 11 is 0. The molecule has 0 saturated heterocycles. The monoisotopic (exact) mass is 324 g/mol. The molecule has 0 saturated carbocycles. The molecular formula is C19H16O5. The maximum atomic E-state index is 12.4. The molecule has 0 atom stereocenters. The van der Waals surface area contributed by atoms with Crippen LogP contribution in [0.2, 0.25) is 0 Å². The molecule has 0 aliphatic heterocycles. The summed E-state index contributed by atoms with van der Waals surface area (Å²) in [5.74, 6) is -2.62. The fraction of sp³-hybridized carbons (Fsp3) is 0.105. The molecule has 0 aromatic heterocycles. The highest BCUT2D eigenvalue weighted by atomic mass is 16.5. The second-order valence-corrected chi connectivity index (χ2v) is 4.89. The van der Waals surface area contributed by atoms with Crippen molar-refractivity contribution in [2.45, 2.75) is 6.92 Å². The molecule has 5 heteroatoms. The Morgan fingerprint density at radius 2 is 1.58 bits per heavy atom. The molecule has 2 rings (SSSR count). The van der Waals surface area contributed by atoms with Crippen LogP contribution < -0.4 is 0 Å². The Hall–Kier alpha value is -3.21. The third-order valence-electron chi connectivity index (χ3n) is 3.20. The van der Waals surface area contributed by atoms with Crippen LogP contribution in [0.25, 0.3) is 5.76 Å². The summed E-state index contributed by atoms with van der Waals surface area (Å²) in [6.07, 6.45) is 0.782. The minimum atomic E-state index is -1.04. The fourth-order valence-corrected chi connectivity index (χ4v) is 2.04. The summed E-state index contributed by atoms with van der Waals surface area (Å²) in [7, 11) is 0. The molecular weight excluding hydrogens is 308 g/mol. The number of ether oxygens (including phenoxy) is 1. The van der Waals surface area contributed by atoms with Crippen molar-refractivity contribution in [3.8, 4) is 0 Å². The van der Waals surface area contributed by atoms with Gasteiger partial charge in [0.1, 0.15) is 5.76 Å². The van der Waals surface area contributed by atoms with Crippen molar-refractivity contribution in [1.82, 2.24) is 0 Å². The van der Waals surface area contributed by atoms with E-state index >= 15 is 0 Å². The largest absolute Gasteiger partial charge is 0.507 e. The predicted octanol–water partition coefficient (Wildman–Crippen LogP) is 2.95. The zero-order chi connectivity index (χ0) is 17.5. The number of rotatable bonds is 6. The van der Waals surface area contributed by atoms with E-state index in [4.69, 9.17) is 0 Å². The number of hydrogen-bond acceptors (Lipinski definition) is 5. The Bertz CT molecular complexity index is 790. The van der Waals surface area contributed by atoms with Gasteiger partial charge in [0.15, 0.2) is 5.78 Å². The zero-order valence-electron chi connectivity index (χ0n) is 13.1. The smallest absolute Gasteiger partial charge is 0.379 e. The highest BCUT2D eigenvalue weighted by molar-refractivity contribution is 6.39. The highest BCUT2D eigenvalue weighted by Gasteiger charge is 2.15. The first-order valence-corrected chi connectivity index (χ1v) is 7.35. The van der Waals surface area contributed by atoms with Crippen molar-refractivity contribution >= 4 is 23.3 Å². The van der Waals surface area contributed by atoms with Gasteiger partial charge in [-0.3, -0.25) is 9.59 Å². The first-order chi connectivity index (χ1) is 11.5. The lowest BCUT2D eigenvalue weighted by Gasteiger charge is -2.05. The van der Waals surface area contributed by atoms with Crippen molar-refractivity contribution in [1.29, 1.82) is 0 Å². The van der Waals surface area contributed by atoms with Gasteiger partial charge in [-0.1, -0.05) is 48.5 Å². The lowest BCUT2D eigenvalue weighted by atomic mass is 10.0. The molecule has 0 spiro atoms. The summed E-state index contributed by atoms with van der Waals surface area (Å²) < 4.78 is 4.56. The average molecular weight is 324 g/mol. The summed E-state index contributed by atoms with van der Waals surface area (Å²) in [6.45, 7) is 1.65. The number of hydrogen-bond donors (Lipinski definition) is 1. The molecule has 0 aliphatic rings. The van der Waals surface area contributed by atoms with Crippen LogP contribution in [-0.2, 0) is 14.3 Å². The van der Waals surface area contributed by atoms with Crippen LogP contribution in [0.4, 0.5) is 0 Å². The van der Waals surface area contributed by atoms with Crippen LogP contribution >= 0.6 is 0 Å². The van der Waals surface area contributed by atoms with Gasteiger partial charge in [-0.05, 0) is 13.0 Å². The molecule has 24 heavy (non-hydrogen) atoms. The van der Waals surface area contributed by atoms with E-state index in [0.29, 0.717) is 11.1 Å². The Kier molecular flexibility index (Phi) is 5.63. The highest BCUT2D eigenvalue weighted by Crippen LogP contribution is 2.16. The van der Waals surface area contributed by atoms with Gasteiger partial charge in [0.2, 0.25) is 0 Å². The van der Waals surface area contributed by atoms with Crippen LogP contribution in [0.3, 0.4) is 0 Å². The molecule has 0 amide bonds. The van der Waals surface area contributed by atoms with E-state index in [1.165, 1.54) is 12.1 Å². The van der Waals surface area contributed by atoms with Crippen molar-refractivity contribution in [3.63, 3.8) is 0 Å². The zero-order valence-corrected chi connectivity index (χ0v) is 13.1. The second-order valence-electron chi connectivity index (χ2n) is 4.89. The van der Waals surface area contributed by atoms with Gasteiger partial charge < -0.3 is 9.84 Å². The van der Waals surface area contributed by atoms with Crippen LogP contribution in [0.15, 0.2) is 60.7 Å². The molecule has 0 heterocycles. The first-order valence-electron chi connectivity index (χ1n) is 7.35. The molecule has 1 N–H and O–H groups in total. The van der Waals surface area contributed by atoms with Crippen LogP contribution in [0, 0.1) is 0 Å². The standard InChI is InChI=1S/C19H16O5/c1-2-24-19(23)17(21)12-16(20)14-9-6-10-15(11-14)18(22)13-7-4-3-5-8-13/h3-12,20H,2H2,1H3/b16-12-. The van der Waals surface area contributed by atoms with E-state index in [0.717, 1.165) is 6.08 Å². The van der Waals surface area contributed by atoms with Gasteiger partial charge in [-0.15, -0.1) is 0 Å². The van der Waals surface area contributed by atoms with E-state index in [-0.39, 0.29) is 18.0 Å². The first kappa shape index (κ1) is 17.1. The number of ketones is 2. The van der Waals surface area contributed by atoms with Gasteiger partial charge in [-0.2, -0.15) is 0 Å². The maximum Gasteiger partial charge on any atom is 0.379 e. The maximum absolute atomic E-state index is 12.4. The minimum absolute atomic E-state index is 0.0697. The van der Waals surface area contributed by atoms with Crippen molar-refractivity contribution in [3.05, 3.63) is 77.4 Å². The summed E-state index contributed by atoms with van der Waals surface area (Å²) in [6, 6.07) is 14.9. The Morgan fingerprint density at radius 3 is 2.25 bits per heavy atom. The normalized spacial score (nSPS) is 11.0. The van der Waals surface area contributed by atoms with Gasteiger partial charge in [0.05, 0.1) is 6.61 Å². The number of benzene rings is 2. The van der Waals surface area contributed by atoms with Gasteiger partial charge in [0.25, 0.3) is 5.78 Å². The Balaban J connectivity index is 2.25. The van der Waals surface area contributed by atoms with Crippen molar-refractivity contribution < 1.29 is 24.2 Å². The molecule has 0 aliphatic carbocycles. The van der Waals surface area contributed by atoms with E-state index < -0.39 is 17.5 Å². The molecule has 5 nitrogen and oxygen atoms in total. The summed E-state index contributed by atoms with van der Waals surface area (Å²) in [4.78, 5) is 35.3. The molecule has 2 aromatic carbocycles. The third-order valence-corrected chi connectivity index (χ3v) is 3.20. The fourth-order valence-electron chi connectivity index (χ4n) is 2.04. The summed E-state index contributed by atoms with van der Waals surface area (Å²) in [5.41, 5.74) is 1.14. The van der Waals surface area contributed by atoms with E-state index in [9.17, 15) is 19.5 Å². The van der Waals surface area contributed by atoms with Crippen LogP contribution in [-0.4, -0.2) is 29.2 Å². The lowest BCUT2D eigenvalue weighted by molar-refractivity contribution is -0.151. The van der Waals surface area contributed by atoms with Gasteiger partial charge in [-0.25, -0.2) is 4.79 Å². The Morgan fingerprint density at radius 1 is 0.958 bits per heavy atom.